The maximum atomic E-state index is 14.5. The van der Waals surface area contributed by atoms with Crippen molar-refractivity contribution in [1.82, 2.24) is 9.55 Å². The third-order valence-corrected chi connectivity index (χ3v) is 4.91. The van der Waals surface area contributed by atoms with E-state index in [9.17, 15) is 26.7 Å². The van der Waals surface area contributed by atoms with Crippen LogP contribution in [0.2, 0.25) is 0 Å². The average Bonchev–Trinajstić information content (AvgIpc) is 3.17. The highest BCUT2D eigenvalue weighted by molar-refractivity contribution is 6.02. The summed E-state index contributed by atoms with van der Waals surface area (Å²) in [5.41, 5.74) is 1.85. The summed E-state index contributed by atoms with van der Waals surface area (Å²) in [6.45, 7) is -2.66. The van der Waals surface area contributed by atoms with E-state index in [1.165, 1.54) is 19.1 Å². The molecule has 0 spiro atoms. The minimum atomic E-state index is -2.84. The zero-order valence-electron chi connectivity index (χ0n) is 15.3. The third-order valence-electron chi connectivity index (χ3n) is 4.91. The number of aliphatic imine (C=N–C) groups is 1. The van der Waals surface area contributed by atoms with E-state index in [2.05, 4.69) is 15.3 Å². The van der Waals surface area contributed by atoms with Gasteiger partial charge in [0.2, 0.25) is 0 Å². The summed E-state index contributed by atoms with van der Waals surface area (Å²) in [5.74, 6) is -2.00. The van der Waals surface area contributed by atoms with Crippen LogP contribution in [0.25, 0.3) is 0 Å². The topological polar surface area (TPSA) is 85.3 Å². The Morgan fingerprint density at radius 3 is 2.69 bits per heavy atom. The molecule has 1 aliphatic rings. The van der Waals surface area contributed by atoms with Gasteiger partial charge in [0, 0.05) is 17.4 Å². The van der Waals surface area contributed by atoms with E-state index in [0.717, 1.165) is 18.6 Å². The first-order valence-corrected chi connectivity index (χ1v) is 8.62. The van der Waals surface area contributed by atoms with Crippen LogP contribution in [-0.4, -0.2) is 33.6 Å². The zero-order chi connectivity index (χ0) is 21.4. The minimum absolute atomic E-state index is 0.0127. The smallest absolute Gasteiger partial charge is 0.319 e. The number of imidazole rings is 1. The number of nitrogens with zero attached hydrogens (tertiary/aromatic N) is 3. The number of amidine groups is 1. The van der Waals surface area contributed by atoms with Gasteiger partial charge in [0.15, 0.2) is 5.67 Å². The first-order chi connectivity index (χ1) is 13.6. The van der Waals surface area contributed by atoms with Gasteiger partial charge >= 0.3 is 6.55 Å². The number of carbonyl (C=O) groups is 1. The molecule has 29 heavy (non-hydrogen) atoms. The second-order valence-electron chi connectivity index (χ2n) is 7.00. The van der Waals surface area contributed by atoms with Gasteiger partial charge in [-0.1, -0.05) is 0 Å². The van der Waals surface area contributed by atoms with Gasteiger partial charge in [0.1, 0.15) is 24.0 Å². The molecule has 6 nitrogen and oxygen atoms in total. The Balaban J connectivity index is 1.87. The van der Waals surface area contributed by atoms with Gasteiger partial charge in [-0.3, -0.25) is 14.4 Å². The Bertz CT molecular complexity index is 962. The fraction of sp³-hybridized carbons (Fsp3) is 0.389. The summed E-state index contributed by atoms with van der Waals surface area (Å²) in [6, 6.07) is 3.63. The van der Waals surface area contributed by atoms with E-state index < -0.39 is 42.0 Å². The molecule has 0 saturated carbocycles. The molecule has 3 rings (SSSR count). The minimum Gasteiger partial charge on any atom is -0.385 e. The summed E-state index contributed by atoms with van der Waals surface area (Å²) in [4.78, 5) is 19.8. The van der Waals surface area contributed by atoms with Crippen LogP contribution in [0.3, 0.4) is 0 Å². The molecule has 0 fully saturated rings. The largest absolute Gasteiger partial charge is 0.385 e. The van der Waals surface area contributed by atoms with Gasteiger partial charge in [0.25, 0.3) is 5.91 Å². The molecule has 2 atom stereocenters. The highest BCUT2D eigenvalue weighted by Gasteiger charge is 2.44. The summed E-state index contributed by atoms with van der Waals surface area (Å²) >= 11 is 0. The van der Waals surface area contributed by atoms with Crippen molar-refractivity contribution in [2.24, 2.45) is 10.7 Å². The number of benzene rings is 1. The lowest BCUT2D eigenvalue weighted by Crippen LogP contribution is -2.48. The second kappa shape index (κ2) is 7.45. The van der Waals surface area contributed by atoms with Crippen LogP contribution in [0.1, 0.15) is 42.4 Å². The van der Waals surface area contributed by atoms with Crippen LogP contribution >= 0.6 is 0 Å². The number of anilines is 1. The van der Waals surface area contributed by atoms with Crippen LogP contribution in [0.15, 0.2) is 35.7 Å². The van der Waals surface area contributed by atoms with Crippen molar-refractivity contribution >= 4 is 17.4 Å². The van der Waals surface area contributed by atoms with Crippen molar-refractivity contribution in [3.05, 3.63) is 47.8 Å². The van der Waals surface area contributed by atoms with Crippen molar-refractivity contribution in [1.29, 1.82) is 0 Å². The van der Waals surface area contributed by atoms with Crippen LogP contribution in [-0.2, 0) is 5.54 Å². The highest BCUT2D eigenvalue weighted by atomic mass is 19.3. The molecule has 1 amide bonds. The van der Waals surface area contributed by atoms with Crippen LogP contribution in [0.5, 0.6) is 0 Å². The number of rotatable bonds is 5. The maximum Gasteiger partial charge on any atom is 0.319 e. The SMILES string of the molecule is C[C@@]1(c2cc(NC(=O)c3cn(C(F)F)cn3)ccc2F)CC[C@@](F)(CF)C(N)=N1. The van der Waals surface area contributed by atoms with Gasteiger partial charge in [0.05, 0.1) is 11.9 Å². The fourth-order valence-corrected chi connectivity index (χ4v) is 3.09. The summed E-state index contributed by atoms with van der Waals surface area (Å²) in [7, 11) is 0. The Hall–Kier alpha value is -2.98. The number of nitrogens with one attached hydrogen (secondary N) is 1. The van der Waals surface area contributed by atoms with E-state index in [1.807, 2.05) is 0 Å². The lowest BCUT2D eigenvalue weighted by Gasteiger charge is -2.36. The number of nitrogens with two attached hydrogens (primary N) is 1. The van der Waals surface area contributed by atoms with Crippen molar-refractivity contribution < 1.29 is 26.7 Å². The van der Waals surface area contributed by atoms with Gasteiger partial charge in [-0.25, -0.2) is 18.2 Å². The number of aromatic nitrogens is 2. The Kier molecular flexibility index (Phi) is 5.33. The van der Waals surface area contributed by atoms with E-state index in [0.29, 0.717) is 4.57 Å². The van der Waals surface area contributed by atoms with Gasteiger partial charge in [-0.15, -0.1) is 0 Å². The second-order valence-corrected chi connectivity index (χ2v) is 7.00. The standard InChI is InChI=1S/C18H18F5N5O/c1-17(4-5-18(23,8-19)15(24)27-17)11-6-10(2-3-12(11)20)26-14(29)13-7-28(9-25-13)16(21)22/h2-3,6-7,9,16H,4-5,8H2,1H3,(H2,24,27)(H,26,29)/t17-,18+/m0/s1. The van der Waals surface area contributed by atoms with Crippen LogP contribution in [0, 0.1) is 5.82 Å². The molecule has 0 aliphatic carbocycles. The number of halogens is 5. The van der Waals surface area contributed by atoms with E-state index in [1.54, 1.807) is 0 Å². The monoisotopic (exact) mass is 415 g/mol. The molecule has 0 bridgehead atoms. The van der Waals surface area contributed by atoms with Gasteiger partial charge < -0.3 is 11.1 Å². The molecule has 3 N–H and O–H groups in total. The van der Waals surface area contributed by atoms with Crippen molar-refractivity contribution in [2.45, 2.75) is 37.5 Å². The molecule has 1 aromatic carbocycles. The Labute approximate surface area is 162 Å². The number of hydrogen-bond donors (Lipinski definition) is 2. The normalized spacial score (nSPS) is 24.4. The fourth-order valence-electron chi connectivity index (χ4n) is 3.09. The number of amides is 1. The predicted molar refractivity (Wildman–Crippen MR) is 95.9 cm³/mol. The first-order valence-electron chi connectivity index (χ1n) is 8.62. The van der Waals surface area contributed by atoms with Crippen LogP contribution < -0.4 is 11.1 Å². The summed E-state index contributed by atoms with van der Waals surface area (Å²) < 4.78 is 67.4. The Morgan fingerprint density at radius 2 is 2.10 bits per heavy atom. The molecule has 1 aliphatic heterocycles. The van der Waals surface area contributed by atoms with E-state index in [4.69, 9.17) is 5.73 Å². The van der Waals surface area contributed by atoms with Crippen LogP contribution in [0.4, 0.5) is 27.6 Å². The average molecular weight is 415 g/mol. The molecule has 11 heteroatoms. The van der Waals surface area contributed by atoms with E-state index >= 15 is 0 Å². The molecular formula is C18H18F5N5O. The van der Waals surface area contributed by atoms with Gasteiger partial charge in [-0.05, 0) is 38.0 Å². The van der Waals surface area contributed by atoms with Crippen molar-refractivity contribution in [2.75, 3.05) is 12.0 Å². The van der Waals surface area contributed by atoms with Crippen molar-refractivity contribution in [3.8, 4) is 0 Å². The maximum absolute atomic E-state index is 14.5. The number of alkyl halides is 4. The van der Waals surface area contributed by atoms with Gasteiger partial charge in [-0.2, -0.15) is 8.78 Å². The predicted octanol–water partition coefficient (Wildman–Crippen LogP) is 3.71. The quantitative estimate of drug-likeness (QED) is 0.730. The highest BCUT2D eigenvalue weighted by Crippen LogP contribution is 2.41. The molecule has 1 aromatic heterocycles. The summed E-state index contributed by atoms with van der Waals surface area (Å²) in [5, 5.41) is 2.43. The lowest BCUT2D eigenvalue weighted by molar-refractivity contribution is 0.0700. The van der Waals surface area contributed by atoms with E-state index in [-0.39, 0.29) is 29.8 Å². The molecule has 0 radical (unpaired) electrons. The molecule has 2 heterocycles. The molecule has 156 valence electrons. The number of carbonyl (C=O) groups excluding carboxylic acids is 1. The molecular weight excluding hydrogens is 397 g/mol. The molecule has 0 saturated heterocycles. The molecule has 0 unspecified atom stereocenters. The zero-order valence-corrected chi connectivity index (χ0v) is 15.3. The first kappa shape index (κ1) is 20.7. The van der Waals surface area contributed by atoms with Crippen molar-refractivity contribution in [3.63, 3.8) is 0 Å². The summed E-state index contributed by atoms with van der Waals surface area (Å²) in [6.07, 6.45) is 1.39. The Morgan fingerprint density at radius 1 is 1.38 bits per heavy atom. The molecule has 2 aromatic rings. The lowest BCUT2D eigenvalue weighted by atomic mass is 9.80. The number of hydrogen-bond acceptors (Lipinski definition) is 4. The third kappa shape index (κ3) is 3.94.